The van der Waals surface area contributed by atoms with Gasteiger partial charge >= 0.3 is 0 Å². The standard InChI is InChI=1S/C16H27N3/c1-14-9-10-18(3)16(11-17-2)13-19(14)12-15-7-5-4-6-8-15/h4-8,14,16-17H,9-13H2,1-3H3. The Labute approximate surface area is 117 Å². The van der Waals surface area contributed by atoms with Crippen LogP contribution in [0.25, 0.3) is 0 Å². The van der Waals surface area contributed by atoms with Crippen molar-refractivity contribution in [3.63, 3.8) is 0 Å². The van der Waals surface area contributed by atoms with Gasteiger partial charge in [-0.1, -0.05) is 30.3 Å². The average molecular weight is 261 g/mol. The minimum atomic E-state index is 0.610. The van der Waals surface area contributed by atoms with E-state index >= 15 is 0 Å². The van der Waals surface area contributed by atoms with Crippen LogP contribution in [0.4, 0.5) is 0 Å². The van der Waals surface area contributed by atoms with Crippen molar-refractivity contribution in [2.75, 3.05) is 33.7 Å². The second-order valence-electron chi connectivity index (χ2n) is 5.74. The maximum Gasteiger partial charge on any atom is 0.0344 e. The number of benzene rings is 1. The fraction of sp³-hybridized carbons (Fsp3) is 0.625. The second kappa shape index (κ2) is 7.04. The Kier molecular flexibility index (Phi) is 5.37. The van der Waals surface area contributed by atoms with Gasteiger partial charge in [0.15, 0.2) is 0 Å². The lowest BCUT2D eigenvalue weighted by Crippen LogP contribution is -2.45. The van der Waals surface area contributed by atoms with Gasteiger partial charge in [0.2, 0.25) is 0 Å². The van der Waals surface area contributed by atoms with Crippen LogP contribution in [0.5, 0.6) is 0 Å². The van der Waals surface area contributed by atoms with Gasteiger partial charge in [-0.3, -0.25) is 4.90 Å². The number of nitrogens with one attached hydrogen (secondary N) is 1. The van der Waals surface area contributed by atoms with Gasteiger partial charge in [-0.2, -0.15) is 0 Å². The first kappa shape index (κ1) is 14.5. The first-order valence-electron chi connectivity index (χ1n) is 7.33. The van der Waals surface area contributed by atoms with Crippen LogP contribution in [-0.2, 0) is 6.54 Å². The highest BCUT2D eigenvalue weighted by Crippen LogP contribution is 2.17. The largest absolute Gasteiger partial charge is 0.318 e. The van der Waals surface area contributed by atoms with Crippen molar-refractivity contribution in [3.05, 3.63) is 35.9 Å². The fourth-order valence-electron chi connectivity index (χ4n) is 2.84. The lowest BCUT2D eigenvalue weighted by atomic mass is 10.1. The van der Waals surface area contributed by atoms with Crippen molar-refractivity contribution >= 4 is 0 Å². The van der Waals surface area contributed by atoms with E-state index in [0.29, 0.717) is 12.1 Å². The molecule has 3 heteroatoms. The summed E-state index contributed by atoms with van der Waals surface area (Å²) in [6, 6.07) is 12.1. The van der Waals surface area contributed by atoms with Gasteiger partial charge in [0, 0.05) is 31.7 Å². The zero-order valence-electron chi connectivity index (χ0n) is 12.5. The van der Waals surface area contributed by atoms with Gasteiger partial charge in [-0.25, -0.2) is 0 Å². The topological polar surface area (TPSA) is 18.5 Å². The van der Waals surface area contributed by atoms with E-state index in [1.807, 2.05) is 7.05 Å². The summed E-state index contributed by atoms with van der Waals surface area (Å²) in [4.78, 5) is 5.12. The first-order chi connectivity index (χ1) is 9.20. The summed E-state index contributed by atoms with van der Waals surface area (Å²) in [6.45, 7) is 6.83. The molecular formula is C16H27N3. The number of likely N-dealkylation sites (N-methyl/N-ethyl adjacent to an activating group) is 2. The third-order valence-electron chi connectivity index (χ3n) is 4.26. The van der Waals surface area contributed by atoms with Crippen molar-refractivity contribution < 1.29 is 0 Å². The summed E-state index contributed by atoms with van der Waals surface area (Å²) in [5.41, 5.74) is 1.42. The van der Waals surface area contributed by atoms with E-state index in [0.717, 1.165) is 19.6 Å². The highest BCUT2D eigenvalue weighted by atomic mass is 15.3. The summed E-state index contributed by atoms with van der Waals surface area (Å²) in [5, 5.41) is 3.33. The highest BCUT2D eigenvalue weighted by molar-refractivity contribution is 5.14. The molecule has 1 N–H and O–H groups in total. The van der Waals surface area contributed by atoms with Gasteiger partial charge in [-0.15, -0.1) is 0 Å². The quantitative estimate of drug-likeness (QED) is 0.891. The monoisotopic (exact) mass is 261 g/mol. The van der Waals surface area contributed by atoms with Crippen LogP contribution in [-0.4, -0.2) is 55.6 Å². The molecule has 3 nitrogen and oxygen atoms in total. The predicted molar refractivity (Wildman–Crippen MR) is 81.3 cm³/mol. The molecule has 0 aromatic heterocycles. The zero-order valence-corrected chi connectivity index (χ0v) is 12.5. The van der Waals surface area contributed by atoms with Crippen molar-refractivity contribution in [3.8, 4) is 0 Å². The molecule has 2 atom stereocenters. The van der Waals surface area contributed by atoms with Crippen LogP contribution in [0.2, 0.25) is 0 Å². The Morgan fingerprint density at radius 3 is 2.68 bits per heavy atom. The Hall–Kier alpha value is -0.900. The molecule has 0 aliphatic carbocycles. The fourth-order valence-corrected chi connectivity index (χ4v) is 2.84. The summed E-state index contributed by atoms with van der Waals surface area (Å²) < 4.78 is 0. The molecule has 1 heterocycles. The lowest BCUT2D eigenvalue weighted by molar-refractivity contribution is 0.173. The third-order valence-corrected chi connectivity index (χ3v) is 4.26. The van der Waals surface area contributed by atoms with Gasteiger partial charge < -0.3 is 10.2 Å². The third kappa shape index (κ3) is 4.03. The van der Waals surface area contributed by atoms with Crippen molar-refractivity contribution in [1.29, 1.82) is 0 Å². The van der Waals surface area contributed by atoms with Crippen molar-refractivity contribution in [2.24, 2.45) is 0 Å². The first-order valence-corrected chi connectivity index (χ1v) is 7.33. The van der Waals surface area contributed by atoms with Gasteiger partial charge in [0.1, 0.15) is 0 Å². The SMILES string of the molecule is CNCC1CN(Cc2ccccc2)C(C)CCN1C. The van der Waals surface area contributed by atoms with Crippen molar-refractivity contribution in [1.82, 2.24) is 15.1 Å². The molecule has 1 aromatic carbocycles. The molecule has 2 unspecified atom stereocenters. The van der Waals surface area contributed by atoms with Crippen LogP contribution in [0, 0.1) is 0 Å². The minimum absolute atomic E-state index is 0.610. The Morgan fingerprint density at radius 2 is 2.00 bits per heavy atom. The van der Waals surface area contributed by atoms with Crippen molar-refractivity contribution in [2.45, 2.75) is 32.0 Å². The molecule has 0 amide bonds. The minimum Gasteiger partial charge on any atom is -0.318 e. The molecule has 1 fully saturated rings. The molecule has 1 aliphatic rings. The maximum atomic E-state index is 3.33. The summed E-state index contributed by atoms with van der Waals surface area (Å²) >= 11 is 0. The van der Waals surface area contributed by atoms with E-state index in [4.69, 9.17) is 0 Å². The average Bonchev–Trinajstić information content (AvgIpc) is 2.55. The van der Waals surface area contributed by atoms with Crippen LogP contribution >= 0.6 is 0 Å². The molecule has 0 bridgehead atoms. The van der Waals surface area contributed by atoms with Gasteiger partial charge in [-0.05, 0) is 39.5 Å². The lowest BCUT2D eigenvalue weighted by Gasteiger charge is -2.31. The van der Waals surface area contributed by atoms with Gasteiger partial charge in [0.25, 0.3) is 0 Å². The van der Waals surface area contributed by atoms with E-state index in [9.17, 15) is 0 Å². The molecule has 19 heavy (non-hydrogen) atoms. The van der Waals surface area contributed by atoms with Crippen LogP contribution < -0.4 is 5.32 Å². The smallest absolute Gasteiger partial charge is 0.0344 e. The normalized spacial score (nSPS) is 26.3. The number of nitrogens with zero attached hydrogens (tertiary/aromatic N) is 2. The predicted octanol–water partition coefficient (Wildman–Crippen LogP) is 1.80. The Bertz CT molecular complexity index is 366. The van der Waals surface area contributed by atoms with E-state index in [1.165, 1.54) is 18.5 Å². The molecule has 106 valence electrons. The molecule has 0 saturated carbocycles. The molecule has 2 rings (SSSR count). The Balaban J connectivity index is 2.04. The van der Waals surface area contributed by atoms with E-state index in [1.54, 1.807) is 0 Å². The molecular weight excluding hydrogens is 234 g/mol. The zero-order chi connectivity index (χ0) is 13.7. The van der Waals surface area contributed by atoms with E-state index in [2.05, 4.69) is 59.4 Å². The number of hydrogen-bond acceptors (Lipinski definition) is 3. The highest BCUT2D eigenvalue weighted by Gasteiger charge is 2.25. The molecule has 0 spiro atoms. The van der Waals surface area contributed by atoms with E-state index < -0.39 is 0 Å². The van der Waals surface area contributed by atoms with Gasteiger partial charge in [0.05, 0.1) is 0 Å². The molecule has 1 aromatic rings. The summed E-state index contributed by atoms with van der Waals surface area (Å²) in [7, 11) is 4.30. The molecule has 1 saturated heterocycles. The molecule has 1 aliphatic heterocycles. The maximum absolute atomic E-state index is 3.33. The second-order valence-corrected chi connectivity index (χ2v) is 5.74. The number of hydrogen-bond donors (Lipinski definition) is 1. The summed E-state index contributed by atoms with van der Waals surface area (Å²) in [5.74, 6) is 0. The number of rotatable bonds is 4. The van der Waals surface area contributed by atoms with Crippen LogP contribution in [0.3, 0.4) is 0 Å². The Morgan fingerprint density at radius 1 is 1.26 bits per heavy atom. The summed E-state index contributed by atoms with van der Waals surface area (Å²) in [6.07, 6.45) is 1.25. The van der Waals surface area contributed by atoms with Crippen LogP contribution in [0.15, 0.2) is 30.3 Å². The molecule has 0 radical (unpaired) electrons. The van der Waals surface area contributed by atoms with E-state index in [-0.39, 0.29) is 0 Å². The van der Waals surface area contributed by atoms with Crippen LogP contribution in [0.1, 0.15) is 18.9 Å².